The first-order valence-corrected chi connectivity index (χ1v) is 8.20. The highest BCUT2D eigenvalue weighted by Gasteiger charge is 2.32. The molecule has 1 aliphatic rings. The van der Waals surface area contributed by atoms with E-state index >= 15 is 0 Å². The van der Waals surface area contributed by atoms with Gasteiger partial charge in [-0.25, -0.2) is 0 Å². The first-order valence-electron chi connectivity index (χ1n) is 6.08. The van der Waals surface area contributed by atoms with Crippen LogP contribution in [0, 0.1) is 5.92 Å². The van der Waals surface area contributed by atoms with Gasteiger partial charge in [0, 0.05) is 16.3 Å². The van der Waals surface area contributed by atoms with Crippen molar-refractivity contribution < 1.29 is 4.21 Å². The molecule has 0 amide bonds. The number of rotatable bonds is 6. The third kappa shape index (κ3) is 3.63. The summed E-state index contributed by atoms with van der Waals surface area (Å²) in [7, 11) is -0.916. The maximum Gasteiger partial charge on any atom is 0.0556 e. The van der Waals surface area contributed by atoms with Gasteiger partial charge < -0.3 is 5.32 Å². The second kappa shape index (κ2) is 6.12. The van der Waals surface area contributed by atoms with Gasteiger partial charge in [-0.1, -0.05) is 19.1 Å². The third-order valence-electron chi connectivity index (χ3n) is 3.07. The summed E-state index contributed by atoms with van der Waals surface area (Å²) in [6, 6.07) is 8.20. The molecule has 0 aliphatic heterocycles. The molecular formula is C13H18BrNOS. The van der Waals surface area contributed by atoms with Gasteiger partial charge >= 0.3 is 0 Å². The summed E-state index contributed by atoms with van der Waals surface area (Å²) in [6.45, 7) is 3.06. The van der Waals surface area contributed by atoms with Crippen LogP contribution in [0.25, 0.3) is 0 Å². The van der Waals surface area contributed by atoms with Gasteiger partial charge in [0.25, 0.3) is 0 Å². The lowest BCUT2D eigenvalue weighted by molar-refractivity contribution is 0.514. The summed E-state index contributed by atoms with van der Waals surface area (Å²) in [5, 5.41) is 3.46. The molecule has 94 valence electrons. The van der Waals surface area contributed by atoms with Crippen LogP contribution in [0.1, 0.15) is 19.8 Å². The van der Waals surface area contributed by atoms with Crippen LogP contribution in [0.3, 0.4) is 0 Å². The second-order valence-electron chi connectivity index (χ2n) is 4.44. The zero-order valence-corrected chi connectivity index (χ0v) is 12.4. The van der Waals surface area contributed by atoms with Crippen LogP contribution in [-0.4, -0.2) is 22.5 Å². The molecule has 17 heavy (non-hydrogen) atoms. The summed E-state index contributed by atoms with van der Waals surface area (Å²) in [5.41, 5.74) is 0. The highest BCUT2D eigenvalue weighted by Crippen LogP contribution is 2.33. The van der Waals surface area contributed by atoms with Crippen molar-refractivity contribution in [2.24, 2.45) is 5.92 Å². The maximum absolute atomic E-state index is 12.3. The van der Waals surface area contributed by atoms with E-state index in [1.54, 1.807) is 0 Å². The van der Waals surface area contributed by atoms with Crippen molar-refractivity contribution >= 4 is 26.7 Å². The van der Waals surface area contributed by atoms with Gasteiger partial charge in [0.05, 0.1) is 15.7 Å². The molecule has 0 radical (unpaired) electrons. The molecule has 4 heteroatoms. The largest absolute Gasteiger partial charge is 0.313 e. The molecule has 1 fully saturated rings. The van der Waals surface area contributed by atoms with Crippen LogP contribution >= 0.6 is 15.9 Å². The maximum atomic E-state index is 12.3. The van der Waals surface area contributed by atoms with Crippen molar-refractivity contribution in [3.63, 3.8) is 0 Å². The van der Waals surface area contributed by atoms with Gasteiger partial charge in [0.15, 0.2) is 0 Å². The minimum Gasteiger partial charge on any atom is -0.313 e. The third-order valence-corrected chi connectivity index (χ3v) is 5.53. The molecule has 2 atom stereocenters. The van der Waals surface area contributed by atoms with Crippen molar-refractivity contribution in [2.75, 3.05) is 12.3 Å². The fourth-order valence-corrected chi connectivity index (χ4v) is 4.24. The van der Waals surface area contributed by atoms with E-state index in [-0.39, 0.29) is 0 Å². The average molecular weight is 316 g/mol. The SMILES string of the molecule is CCNC(CS(=O)c1ccccc1Br)C1CC1. The van der Waals surface area contributed by atoms with Crippen LogP contribution in [0.5, 0.6) is 0 Å². The highest BCUT2D eigenvalue weighted by atomic mass is 79.9. The Bertz CT molecular complexity index is 406. The molecule has 0 spiro atoms. The Hall–Kier alpha value is -0.190. The molecule has 0 aromatic heterocycles. The summed E-state index contributed by atoms with van der Waals surface area (Å²) in [4.78, 5) is 0.913. The molecule has 0 heterocycles. The van der Waals surface area contributed by atoms with Gasteiger partial charge in [-0.3, -0.25) is 4.21 Å². The van der Waals surface area contributed by atoms with Crippen molar-refractivity contribution in [3.05, 3.63) is 28.7 Å². The lowest BCUT2D eigenvalue weighted by Crippen LogP contribution is -2.35. The zero-order valence-electron chi connectivity index (χ0n) is 9.99. The average Bonchev–Trinajstić information content (AvgIpc) is 3.12. The fourth-order valence-electron chi connectivity index (χ4n) is 2.00. The van der Waals surface area contributed by atoms with Crippen LogP contribution in [-0.2, 0) is 10.8 Å². The Kier molecular flexibility index (Phi) is 4.77. The number of benzene rings is 1. The number of hydrogen-bond donors (Lipinski definition) is 1. The van der Waals surface area contributed by atoms with E-state index in [1.165, 1.54) is 12.8 Å². The summed E-state index contributed by atoms with van der Waals surface area (Å²) in [5.74, 6) is 1.46. The Morgan fingerprint density at radius 3 is 2.76 bits per heavy atom. The van der Waals surface area contributed by atoms with E-state index < -0.39 is 10.8 Å². The smallest absolute Gasteiger partial charge is 0.0556 e. The van der Waals surface area contributed by atoms with Crippen LogP contribution < -0.4 is 5.32 Å². The predicted octanol–water partition coefficient (Wildman–Crippen LogP) is 2.94. The second-order valence-corrected chi connectivity index (χ2v) is 6.76. The summed E-state index contributed by atoms with van der Waals surface area (Å²) >= 11 is 3.46. The molecule has 2 unspecified atom stereocenters. The van der Waals surface area contributed by atoms with Crippen molar-refractivity contribution in [3.8, 4) is 0 Å². The predicted molar refractivity (Wildman–Crippen MR) is 75.6 cm³/mol. The quantitative estimate of drug-likeness (QED) is 0.874. The molecule has 0 bridgehead atoms. The first-order chi connectivity index (χ1) is 8.22. The fraction of sp³-hybridized carbons (Fsp3) is 0.538. The van der Waals surface area contributed by atoms with Crippen LogP contribution in [0.15, 0.2) is 33.6 Å². The lowest BCUT2D eigenvalue weighted by atomic mass is 10.2. The monoisotopic (exact) mass is 315 g/mol. The minimum atomic E-state index is -0.916. The van der Waals surface area contributed by atoms with E-state index in [4.69, 9.17) is 0 Å². The number of hydrogen-bond acceptors (Lipinski definition) is 2. The normalized spacial score (nSPS) is 18.9. The van der Waals surface area contributed by atoms with Crippen molar-refractivity contribution in [2.45, 2.75) is 30.7 Å². The van der Waals surface area contributed by atoms with E-state index in [9.17, 15) is 4.21 Å². The van der Waals surface area contributed by atoms with Gasteiger partial charge in [-0.15, -0.1) is 0 Å². The molecular weight excluding hydrogens is 298 g/mol. The summed E-state index contributed by atoms with van der Waals surface area (Å²) < 4.78 is 13.3. The molecule has 1 aliphatic carbocycles. The van der Waals surface area contributed by atoms with Gasteiger partial charge in [0.2, 0.25) is 0 Å². The van der Waals surface area contributed by atoms with Crippen LogP contribution in [0.4, 0.5) is 0 Å². The molecule has 2 nitrogen and oxygen atoms in total. The van der Waals surface area contributed by atoms with E-state index in [0.29, 0.717) is 6.04 Å². The lowest BCUT2D eigenvalue weighted by Gasteiger charge is -2.17. The highest BCUT2D eigenvalue weighted by molar-refractivity contribution is 9.10. The molecule has 1 saturated carbocycles. The van der Waals surface area contributed by atoms with Gasteiger partial charge in [-0.05, 0) is 53.4 Å². The Morgan fingerprint density at radius 1 is 1.47 bits per heavy atom. The van der Waals surface area contributed by atoms with Crippen molar-refractivity contribution in [1.29, 1.82) is 0 Å². The van der Waals surface area contributed by atoms with Crippen molar-refractivity contribution in [1.82, 2.24) is 5.32 Å². The van der Waals surface area contributed by atoms with Gasteiger partial charge in [0.1, 0.15) is 0 Å². The molecule has 0 saturated heterocycles. The van der Waals surface area contributed by atoms with Gasteiger partial charge in [-0.2, -0.15) is 0 Å². The Labute approximate surface area is 114 Å². The van der Waals surface area contributed by atoms with E-state index in [0.717, 1.165) is 27.6 Å². The minimum absolute atomic E-state index is 0.410. The Balaban J connectivity index is 2.02. The number of nitrogens with one attached hydrogen (secondary N) is 1. The Morgan fingerprint density at radius 2 is 2.18 bits per heavy atom. The van der Waals surface area contributed by atoms with Crippen LogP contribution in [0.2, 0.25) is 0 Å². The molecule has 1 aromatic carbocycles. The first kappa shape index (κ1) is 13.2. The van der Waals surface area contributed by atoms with E-state index in [1.807, 2.05) is 24.3 Å². The number of halogens is 1. The zero-order chi connectivity index (χ0) is 12.3. The molecule has 1 N–H and O–H groups in total. The topological polar surface area (TPSA) is 29.1 Å². The summed E-state index contributed by atoms with van der Waals surface area (Å²) in [6.07, 6.45) is 2.57. The van der Waals surface area contributed by atoms with E-state index in [2.05, 4.69) is 28.2 Å². The molecule has 2 rings (SSSR count). The standard InChI is InChI=1S/C13H18BrNOS/c1-2-15-12(10-7-8-10)9-17(16)13-6-4-3-5-11(13)14/h3-6,10,12,15H,2,7-9H2,1H3. The molecule has 1 aromatic rings.